The van der Waals surface area contributed by atoms with Gasteiger partial charge in [0, 0.05) is 6.54 Å². The van der Waals surface area contributed by atoms with Gasteiger partial charge in [0.2, 0.25) is 0 Å². The van der Waals surface area contributed by atoms with E-state index in [1.54, 1.807) is 6.26 Å². The van der Waals surface area contributed by atoms with E-state index in [2.05, 4.69) is 26.5 Å². The van der Waals surface area contributed by atoms with E-state index < -0.39 is 0 Å². The van der Waals surface area contributed by atoms with Gasteiger partial charge in [0.15, 0.2) is 5.82 Å². The van der Waals surface area contributed by atoms with Crippen molar-refractivity contribution in [3.8, 4) is 6.07 Å². The Kier molecular flexibility index (Phi) is 5.11. The lowest BCUT2D eigenvalue weighted by Gasteiger charge is -2.33. The molecule has 0 saturated carbocycles. The monoisotopic (exact) mass is 325 g/mol. The minimum atomic E-state index is 0.134. The molecule has 6 heteroatoms. The van der Waals surface area contributed by atoms with Crippen LogP contribution in [0.5, 0.6) is 0 Å². The Labute approximate surface area is 142 Å². The molecule has 0 spiro atoms. The topological polar surface area (TPSA) is 78.0 Å². The molecule has 6 nitrogen and oxygen atoms in total. The van der Waals surface area contributed by atoms with Crippen molar-refractivity contribution < 1.29 is 4.42 Å². The first-order valence-corrected chi connectivity index (χ1v) is 8.46. The Hall–Kier alpha value is -2.39. The molecule has 2 aromatic heterocycles. The maximum atomic E-state index is 9.43. The summed E-state index contributed by atoms with van der Waals surface area (Å²) in [5.74, 6) is 1.49. The van der Waals surface area contributed by atoms with Gasteiger partial charge in [-0.05, 0) is 57.5 Å². The molecule has 0 aliphatic carbocycles. The van der Waals surface area contributed by atoms with Gasteiger partial charge in [0.25, 0.3) is 0 Å². The highest BCUT2D eigenvalue weighted by Crippen LogP contribution is 2.26. The summed E-state index contributed by atoms with van der Waals surface area (Å²) in [6.07, 6.45) is 5.42. The number of rotatable bonds is 5. The van der Waals surface area contributed by atoms with Crippen molar-refractivity contribution in [1.82, 2.24) is 15.1 Å². The number of furan rings is 1. The third kappa shape index (κ3) is 3.41. The number of hydrogen-bond donors (Lipinski definition) is 1. The zero-order valence-electron chi connectivity index (χ0n) is 14.2. The molecule has 1 saturated heterocycles. The van der Waals surface area contributed by atoms with Crippen molar-refractivity contribution in [2.24, 2.45) is 0 Å². The predicted octanol–water partition coefficient (Wildman–Crippen LogP) is 3.20. The van der Waals surface area contributed by atoms with Crippen LogP contribution in [0.15, 0.2) is 22.8 Å². The van der Waals surface area contributed by atoms with Crippen molar-refractivity contribution >= 4 is 5.82 Å². The number of likely N-dealkylation sites (tertiary alicyclic amines) is 1. The highest BCUT2D eigenvalue weighted by molar-refractivity contribution is 5.55. The van der Waals surface area contributed by atoms with Crippen LogP contribution in [0.1, 0.15) is 47.9 Å². The van der Waals surface area contributed by atoms with Crippen LogP contribution < -0.4 is 5.32 Å². The smallest absolute Gasteiger partial charge is 0.167 e. The quantitative estimate of drug-likeness (QED) is 0.909. The van der Waals surface area contributed by atoms with Crippen molar-refractivity contribution in [3.63, 3.8) is 0 Å². The molecule has 0 radical (unpaired) electrons. The van der Waals surface area contributed by atoms with Crippen molar-refractivity contribution in [2.45, 2.75) is 39.2 Å². The molecule has 1 aliphatic rings. The highest BCUT2D eigenvalue weighted by Gasteiger charge is 2.25. The zero-order chi connectivity index (χ0) is 16.9. The van der Waals surface area contributed by atoms with Gasteiger partial charge in [-0.15, -0.1) is 5.10 Å². The van der Waals surface area contributed by atoms with Crippen LogP contribution >= 0.6 is 0 Å². The number of aromatic nitrogens is 2. The zero-order valence-corrected chi connectivity index (χ0v) is 14.2. The van der Waals surface area contributed by atoms with E-state index >= 15 is 0 Å². The molecule has 2 aromatic rings. The lowest BCUT2D eigenvalue weighted by Crippen LogP contribution is -2.37. The van der Waals surface area contributed by atoms with Crippen molar-refractivity contribution in [3.05, 3.63) is 41.0 Å². The summed E-state index contributed by atoms with van der Waals surface area (Å²) in [4.78, 5) is 2.44. The molecule has 0 aromatic carbocycles. The molecule has 1 atom stereocenters. The molecular formula is C18H23N5O. The van der Waals surface area contributed by atoms with Gasteiger partial charge >= 0.3 is 0 Å². The number of aryl methyl sites for hydroxylation is 1. The molecule has 1 fully saturated rings. The van der Waals surface area contributed by atoms with E-state index in [-0.39, 0.29) is 6.04 Å². The fraction of sp³-hybridized carbons (Fsp3) is 0.500. The fourth-order valence-electron chi connectivity index (χ4n) is 3.18. The molecule has 0 unspecified atom stereocenters. The van der Waals surface area contributed by atoms with E-state index in [1.165, 1.54) is 19.3 Å². The second-order valence-corrected chi connectivity index (χ2v) is 6.25. The molecule has 0 bridgehead atoms. The van der Waals surface area contributed by atoms with E-state index in [0.29, 0.717) is 17.9 Å². The predicted molar refractivity (Wildman–Crippen MR) is 91.6 cm³/mol. The molecule has 24 heavy (non-hydrogen) atoms. The number of anilines is 1. The minimum absolute atomic E-state index is 0.134. The summed E-state index contributed by atoms with van der Waals surface area (Å²) in [5.41, 5.74) is 2.23. The molecule has 1 aliphatic heterocycles. The van der Waals surface area contributed by atoms with Crippen LogP contribution in [0.25, 0.3) is 0 Å². The van der Waals surface area contributed by atoms with Gasteiger partial charge in [-0.25, -0.2) is 0 Å². The van der Waals surface area contributed by atoms with Crippen LogP contribution in [0.2, 0.25) is 0 Å². The SMILES string of the molecule is Cc1nnc(NC[C@@H](c2ccco2)N2CCCCC2)c(C#N)c1C. The van der Waals surface area contributed by atoms with E-state index in [0.717, 1.165) is 30.1 Å². The Morgan fingerprint density at radius 2 is 2.08 bits per heavy atom. The van der Waals surface area contributed by atoms with Crippen LogP contribution in [0.4, 0.5) is 5.82 Å². The Balaban J connectivity index is 1.79. The van der Waals surface area contributed by atoms with E-state index in [1.807, 2.05) is 26.0 Å². The summed E-state index contributed by atoms with van der Waals surface area (Å²) in [5, 5.41) is 21.1. The number of piperidine rings is 1. The summed E-state index contributed by atoms with van der Waals surface area (Å²) in [6, 6.07) is 6.31. The lowest BCUT2D eigenvalue weighted by molar-refractivity contribution is 0.152. The normalized spacial score (nSPS) is 16.5. The van der Waals surface area contributed by atoms with Crippen LogP contribution in [0, 0.1) is 25.2 Å². The molecule has 3 heterocycles. The first-order valence-electron chi connectivity index (χ1n) is 8.46. The van der Waals surface area contributed by atoms with Gasteiger partial charge < -0.3 is 9.73 Å². The molecular weight excluding hydrogens is 302 g/mol. The Bertz CT molecular complexity index is 714. The maximum absolute atomic E-state index is 9.43. The lowest BCUT2D eigenvalue weighted by atomic mass is 10.1. The van der Waals surface area contributed by atoms with Crippen LogP contribution in [-0.4, -0.2) is 34.7 Å². The average molecular weight is 325 g/mol. The van der Waals surface area contributed by atoms with E-state index in [4.69, 9.17) is 4.42 Å². The second-order valence-electron chi connectivity index (χ2n) is 6.25. The van der Waals surface area contributed by atoms with Crippen molar-refractivity contribution in [2.75, 3.05) is 25.0 Å². The molecule has 126 valence electrons. The number of hydrogen-bond acceptors (Lipinski definition) is 6. The van der Waals surface area contributed by atoms with Gasteiger partial charge in [0.05, 0.1) is 18.0 Å². The Morgan fingerprint density at radius 1 is 1.29 bits per heavy atom. The number of nitriles is 1. The number of nitrogens with zero attached hydrogens (tertiary/aromatic N) is 4. The summed E-state index contributed by atoms with van der Waals surface area (Å²) < 4.78 is 5.65. The summed E-state index contributed by atoms with van der Waals surface area (Å²) in [6.45, 7) is 6.54. The van der Waals surface area contributed by atoms with Gasteiger partial charge in [-0.3, -0.25) is 4.90 Å². The first-order chi connectivity index (χ1) is 11.7. The van der Waals surface area contributed by atoms with Gasteiger partial charge in [0.1, 0.15) is 17.4 Å². The van der Waals surface area contributed by atoms with Crippen LogP contribution in [0.3, 0.4) is 0 Å². The first kappa shape index (κ1) is 16.5. The highest BCUT2D eigenvalue weighted by atomic mass is 16.3. The number of nitrogens with one attached hydrogen (secondary N) is 1. The maximum Gasteiger partial charge on any atom is 0.167 e. The third-order valence-electron chi connectivity index (χ3n) is 4.73. The summed E-state index contributed by atoms with van der Waals surface area (Å²) in [7, 11) is 0. The van der Waals surface area contributed by atoms with Gasteiger partial charge in [-0.1, -0.05) is 6.42 Å². The van der Waals surface area contributed by atoms with Gasteiger partial charge in [-0.2, -0.15) is 10.4 Å². The van der Waals surface area contributed by atoms with E-state index in [9.17, 15) is 5.26 Å². The third-order valence-corrected chi connectivity index (χ3v) is 4.73. The van der Waals surface area contributed by atoms with Crippen molar-refractivity contribution in [1.29, 1.82) is 5.26 Å². The molecule has 3 rings (SSSR count). The molecule has 0 amide bonds. The fourth-order valence-corrected chi connectivity index (χ4v) is 3.18. The second kappa shape index (κ2) is 7.45. The minimum Gasteiger partial charge on any atom is -0.468 e. The molecule has 1 N–H and O–H groups in total. The standard InChI is InChI=1S/C18H23N5O/c1-13-14(2)21-22-18(15(13)11-19)20-12-16(17-7-6-10-24-17)23-8-4-3-5-9-23/h6-7,10,16H,3-5,8-9,12H2,1-2H3,(H,20,22)/t16-/m0/s1. The average Bonchev–Trinajstić information content (AvgIpc) is 3.13. The van der Waals surface area contributed by atoms with Crippen LogP contribution in [-0.2, 0) is 0 Å². The Morgan fingerprint density at radius 3 is 2.75 bits per heavy atom. The largest absolute Gasteiger partial charge is 0.468 e. The summed E-state index contributed by atoms with van der Waals surface area (Å²) >= 11 is 0.